The van der Waals surface area contributed by atoms with Crippen LogP contribution in [0.2, 0.25) is 0 Å². The van der Waals surface area contributed by atoms with Gasteiger partial charge in [-0.25, -0.2) is 8.42 Å². The zero-order valence-corrected chi connectivity index (χ0v) is 12.2. The Hall–Kier alpha value is -1.27. The summed E-state index contributed by atoms with van der Waals surface area (Å²) >= 11 is 0. The summed E-state index contributed by atoms with van der Waals surface area (Å²) in [5, 5.41) is 0. The van der Waals surface area contributed by atoms with E-state index in [9.17, 15) is 8.42 Å². The van der Waals surface area contributed by atoms with Gasteiger partial charge >= 0.3 is 0 Å². The summed E-state index contributed by atoms with van der Waals surface area (Å²) in [7, 11) is -0.671. The Labute approximate surface area is 114 Å². The lowest BCUT2D eigenvalue weighted by atomic mass is 10.3. The van der Waals surface area contributed by atoms with Gasteiger partial charge in [0.2, 0.25) is 0 Å². The van der Waals surface area contributed by atoms with Gasteiger partial charge in [0.15, 0.2) is 4.90 Å². The van der Waals surface area contributed by atoms with Crippen LogP contribution in [0.4, 0.5) is 0 Å². The van der Waals surface area contributed by atoms with Crippen LogP contribution in [0.1, 0.15) is 19.8 Å². The van der Waals surface area contributed by atoms with Crippen molar-refractivity contribution in [3.05, 3.63) is 18.2 Å². The van der Waals surface area contributed by atoms with Gasteiger partial charge in [-0.2, -0.15) is 4.31 Å². The SMILES string of the molecule is COc1cccc(OC)c1S(=O)(=O)N1CCCC1C. The topological polar surface area (TPSA) is 55.8 Å². The second kappa shape index (κ2) is 5.38. The summed E-state index contributed by atoms with van der Waals surface area (Å²) in [5.74, 6) is 0.636. The van der Waals surface area contributed by atoms with E-state index in [4.69, 9.17) is 9.47 Å². The van der Waals surface area contributed by atoms with Crippen LogP contribution in [-0.4, -0.2) is 39.5 Å². The summed E-state index contributed by atoms with van der Waals surface area (Å²) in [5.41, 5.74) is 0. The van der Waals surface area contributed by atoms with Crippen LogP contribution in [0.3, 0.4) is 0 Å². The monoisotopic (exact) mass is 285 g/mol. The van der Waals surface area contributed by atoms with Gasteiger partial charge in [0, 0.05) is 12.6 Å². The highest BCUT2D eigenvalue weighted by molar-refractivity contribution is 7.89. The number of hydrogen-bond acceptors (Lipinski definition) is 4. The molecule has 19 heavy (non-hydrogen) atoms. The third kappa shape index (κ3) is 2.42. The molecule has 5 nitrogen and oxygen atoms in total. The van der Waals surface area contributed by atoms with E-state index in [0.717, 1.165) is 12.8 Å². The van der Waals surface area contributed by atoms with Crippen molar-refractivity contribution in [1.29, 1.82) is 0 Å². The van der Waals surface area contributed by atoms with Crippen LogP contribution in [0.15, 0.2) is 23.1 Å². The number of nitrogens with zero attached hydrogens (tertiary/aromatic N) is 1. The molecule has 6 heteroatoms. The zero-order chi connectivity index (χ0) is 14.0. The highest BCUT2D eigenvalue weighted by atomic mass is 32.2. The molecule has 0 spiro atoms. The van der Waals surface area contributed by atoms with Gasteiger partial charge in [0.05, 0.1) is 14.2 Å². The molecule has 1 unspecified atom stereocenters. The predicted molar refractivity (Wildman–Crippen MR) is 72.1 cm³/mol. The lowest BCUT2D eigenvalue weighted by Gasteiger charge is -2.23. The molecule has 106 valence electrons. The van der Waals surface area contributed by atoms with Gasteiger partial charge in [-0.1, -0.05) is 6.07 Å². The lowest BCUT2D eigenvalue weighted by Crippen LogP contribution is -2.34. The molecule has 2 rings (SSSR count). The van der Waals surface area contributed by atoms with Crippen LogP contribution in [-0.2, 0) is 10.0 Å². The van der Waals surface area contributed by atoms with Crippen molar-refractivity contribution in [1.82, 2.24) is 4.31 Å². The van der Waals surface area contributed by atoms with Gasteiger partial charge in [0.1, 0.15) is 11.5 Å². The van der Waals surface area contributed by atoms with Crippen LogP contribution in [0, 0.1) is 0 Å². The molecule has 0 N–H and O–H groups in total. The Kier molecular flexibility index (Phi) is 4.01. The minimum absolute atomic E-state index is 0.0135. The van der Waals surface area contributed by atoms with E-state index < -0.39 is 10.0 Å². The fourth-order valence-electron chi connectivity index (χ4n) is 2.45. The molecule has 1 aliphatic rings. The van der Waals surface area contributed by atoms with E-state index in [1.54, 1.807) is 18.2 Å². The Balaban J connectivity index is 2.56. The molecule has 0 saturated carbocycles. The Morgan fingerprint density at radius 2 is 1.79 bits per heavy atom. The number of methoxy groups -OCH3 is 2. The summed E-state index contributed by atoms with van der Waals surface area (Å²) in [6.07, 6.45) is 1.77. The first kappa shape index (κ1) is 14.1. The lowest BCUT2D eigenvalue weighted by molar-refractivity contribution is 0.361. The van der Waals surface area contributed by atoms with E-state index in [2.05, 4.69) is 0 Å². The maximum absolute atomic E-state index is 12.8. The van der Waals surface area contributed by atoms with Gasteiger partial charge in [0.25, 0.3) is 10.0 Å². The summed E-state index contributed by atoms with van der Waals surface area (Å²) in [6, 6.07) is 5.00. The van der Waals surface area contributed by atoms with E-state index in [1.165, 1.54) is 18.5 Å². The first-order valence-electron chi connectivity index (χ1n) is 6.25. The third-order valence-electron chi connectivity index (χ3n) is 3.44. The number of hydrogen-bond donors (Lipinski definition) is 0. The molecule has 1 atom stereocenters. The number of ether oxygens (including phenoxy) is 2. The summed E-state index contributed by atoms with van der Waals surface area (Å²) in [4.78, 5) is 0.119. The molecule has 0 amide bonds. The maximum Gasteiger partial charge on any atom is 0.250 e. The average Bonchev–Trinajstić information content (AvgIpc) is 2.84. The minimum atomic E-state index is -3.59. The second-order valence-corrected chi connectivity index (χ2v) is 6.43. The molecule has 1 saturated heterocycles. The molecule has 1 aliphatic heterocycles. The molecule has 1 fully saturated rings. The predicted octanol–water partition coefficient (Wildman–Crippen LogP) is 1.88. The fourth-order valence-corrected chi connectivity index (χ4v) is 4.45. The molecule has 0 aliphatic carbocycles. The van der Waals surface area contributed by atoms with Gasteiger partial charge < -0.3 is 9.47 Å². The van der Waals surface area contributed by atoms with Crippen LogP contribution in [0.5, 0.6) is 11.5 Å². The van der Waals surface area contributed by atoms with Crippen molar-refractivity contribution in [3.8, 4) is 11.5 Å². The summed E-state index contributed by atoms with van der Waals surface area (Å²) < 4.78 is 37.4. The van der Waals surface area contributed by atoms with Gasteiger partial charge in [-0.05, 0) is 31.9 Å². The number of sulfonamides is 1. The van der Waals surface area contributed by atoms with Crippen LogP contribution < -0.4 is 9.47 Å². The van der Waals surface area contributed by atoms with Gasteiger partial charge in [-0.15, -0.1) is 0 Å². The third-order valence-corrected chi connectivity index (χ3v) is 5.52. The van der Waals surface area contributed by atoms with Crippen LogP contribution >= 0.6 is 0 Å². The van der Waals surface area contributed by atoms with E-state index in [1.807, 2.05) is 6.92 Å². The maximum atomic E-state index is 12.8. The van der Waals surface area contributed by atoms with Crippen molar-refractivity contribution < 1.29 is 17.9 Å². The molecule has 0 bridgehead atoms. The minimum Gasteiger partial charge on any atom is -0.495 e. The highest BCUT2D eigenvalue weighted by Crippen LogP contribution is 2.37. The Morgan fingerprint density at radius 1 is 1.21 bits per heavy atom. The second-order valence-electron chi connectivity index (χ2n) is 4.60. The standard InChI is InChI=1S/C13H19NO4S/c1-10-6-5-9-14(10)19(15,16)13-11(17-2)7-4-8-12(13)18-3/h4,7-8,10H,5-6,9H2,1-3H3. The Morgan fingerprint density at radius 3 is 2.21 bits per heavy atom. The molecular weight excluding hydrogens is 266 g/mol. The quantitative estimate of drug-likeness (QED) is 0.847. The number of benzene rings is 1. The largest absolute Gasteiger partial charge is 0.495 e. The van der Waals surface area contributed by atoms with Crippen molar-refractivity contribution in [3.63, 3.8) is 0 Å². The van der Waals surface area contributed by atoms with E-state index in [0.29, 0.717) is 18.0 Å². The first-order valence-corrected chi connectivity index (χ1v) is 7.69. The van der Waals surface area contributed by atoms with Crippen molar-refractivity contribution in [2.24, 2.45) is 0 Å². The van der Waals surface area contributed by atoms with E-state index >= 15 is 0 Å². The number of rotatable bonds is 4. The van der Waals surface area contributed by atoms with E-state index in [-0.39, 0.29) is 10.9 Å². The molecule has 1 aromatic carbocycles. The van der Waals surface area contributed by atoms with Crippen LogP contribution in [0.25, 0.3) is 0 Å². The molecular formula is C13H19NO4S. The zero-order valence-electron chi connectivity index (χ0n) is 11.4. The highest BCUT2D eigenvalue weighted by Gasteiger charge is 2.36. The fraction of sp³-hybridized carbons (Fsp3) is 0.538. The first-order chi connectivity index (χ1) is 9.02. The molecule has 1 heterocycles. The van der Waals surface area contributed by atoms with Crippen molar-refractivity contribution in [2.45, 2.75) is 30.7 Å². The summed E-state index contributed by atoms with van der Waals surface area (Å²) in [6.45, 7) is 2.47. The van der Waals surface area contributed by atoms with Crippen molar-refractivity contribution >= 4 is 10.0 Å². The van der Waals surface area contributed by atoms with Crippen molar-refractivity contribution in [2.75, 3.05) is 20.8 Å². The average molecular weight is 285 g/mol. The smallest absolute Gasteiger partial charge is 0.250 e. The Bertz CT molecular complexity index is 534. The van der Waals surface area contributed by atoms with Gasteiger partial charge in [-0.3, -0.25) is 0 Å². The molecule has 0 radical (unpaired) electrons. The normalized spacial score (nSPS) is 20.5. The molecule has 1 aromatic rings. The molecule has 0 aromatic heterocycles.